The first-order valence-corrected chi connectivity index (χ1v) is 6.64. The number of hydrogen-bond donors (Lipinski definition) is 1. The molecule has 2 aromatic rings. The van der Waals surface area contributed by atoms with Crippen molar-refractivity contribution >= 4 is 11.7 Å². The minimum Gasteiger partial charge on any atom is -0.493 e. The third kappa shape index (κ3) is 3.09. The maximum Gasteiger partial charge on any atom is 0.161 e. The van der Waals surface area contributed by atoms with Crippen LogP contribution < -0.4 is 10.5 Å². The SMILES string of the molecule is COc1cnn(CCN(C)C)c1C(N)c1cnsn1. The number of aromatic nitrogens is 4. The summed E-state index contributed by atoms with van der Waals surface area (Å²) in [7, 11) is 5.65. The Bertz CT molecular complexity index is 509. The lowest BCUT2D eigenvalue weighted by Gasteiger charge is -2.15. The Kier molecular flexibility index (Phi) is 4.46. The Morgan fingerprint density at radius 2 is 2.26 bits per heavy atom. The van der Waals surface area contributed by atoms with E-state index in [0.717, 1.165) is 36.2 Å². The molecule has 19 heavy (non-hydrogen) atoms. The van der Waals surface area contributed by atoms with Crippen molar-refractivity contribution in [2.24, 2.45) is 5.73 Å². The van der Waals surface area contributed by atoms with E-state index in [0.29, 0.717) is 5.75 Å². The molecule has 2 heterocycles. The smallest absolute Gasteiger partial charge is 0.161 e. The van der Waals surface area contributed by atoms with Crippen LogP contribution in [0.4, 0.5) is 0 Å². The second-order valence-corrected chi connectivity index (χ2v) is 4.99. The van der Waals surface area contributed by atoms with Gasteiger partial charge in [-0.05, 0) is 14.1 Å². The molecule has 0 radical (unpaired) electrons. The van der Waals surface area contributed by atoms with E-state index in [2.05, 4.69) is 18.7 Å². The molecule has 0 saturated carbocycles. The van der Waals surface area contributed by atoms with Crippen LogP contribution >= 0.6 is 11.7 Å². The minimum absolute atomic E-state index is 0.377. The molecule has 0 aliphatic rings. The van der Waals surface area contributed by atoms with Crippen molar-refractivity contribution in [2.75, 3.05) is 27.7 Å². The van der Waals surface area contributed by atoms with Crippen LogP contribution in [0, 0.1) is 0 Å². The Balaban J connectivity index is 2.28. The highest BCUT2D eigenvalue weighted by Crippen LogP contribution is 2.27. The molecule has 0 aliphatic carbocycles. The van der Waals surface area contributed by atoms with Gasteiger partial charge < -0.3 is 15.4 Å². The summed E-state index contributed by atoms with van der Waals surface area (Å²) < 4.78 is 15.4. The second-order valence-electron chi connectivity index (χ2n) is 4.43. The summed E-state index contributed by atoms with van der Waals surface area (Å²) in [5.74, 6) is 0.680. The van der Waals surface area contributed by atoms with E-state index in [9.17, 15) is 0 Å². The first kappa shape index (κ1) is 13.9. The standard InChI is InChI=1S/C11H18N6OS/c1-16(2)4-5-17-11(9(18-3)7-13-17)10(12)8-6-14-19-15-8/h6-7,10H,4-5,12H2,1-3H3. The number of nitrogens with zero attached hydrogens (tertiary/aromatic N) is 5. The molecule has 1 unspecified atom stereocenters. The molecule has 0 amide bonds. The molecular weight excluding hydrogens is 264 g/mol. The van der Waals surface area contributed by atoms with Crippen LogP contribution in [-0.4, -0.2) is 51.2 Å². The van der Waals surface area contributed by atoms with Crippen molar-refractivity contribution in [2.45, 2.75) is 12.6 Å². The lowest BCUT2D eigenvalue weighted by molar-refractivity contribution is 0.363. The maximum absolute atomic E-state index is 6.24. The van der Waals surface area contributed by atoms with Gasteiger partial charge in [0.05, 0.1) is 49.5 Å². The van der Waals surface area contributed by atoms with Gasteiger partial charge in [0.15, 0.2) is 5.75 Å². The molecule has 0 aliphatic heterocycles. The lowest BCUT2D eigenvalue weighted by atomic mass is 10.1. The molecule has 0 aromatic carbocycles. The fraction of sp³-hybridized carbons (Fsp3) is 0.545. The normalized spacial score (nSPS) is 12.9. The molecule has 0 saturated heterocycles. The number of ether oxygens (including phenoxy) is 1. The van der Waals surface area contributed by atoms with E-state index < -0.39 is 0 Å². The van der Waals surface area contributed by atoms with E-state index in [-0.39, 0.29) is 6.04 Å². The third-order valence-electron chi connectivity index (χ3n) is 2.82. The Morgan fingerprint density at radius 3 is 2.84 bits per heavy atom. The largest absolute Gasteiger partial charge is 0.493 e. The van der Waals surface area contributed by atoms with Crippen LogP contribution in [0.2, 0.25) is 0 Å². The summed E-state index contributed by atoms with van der Waals surface area (Å²) in [6.45, 7) is 1.62. The van der Waals surface area contributed by atoms with E-state index in [1.165, 1.54) is 0 Å². The van der Waals surface area contributed by atoms with Gasteiger partial charge in [-0.3, -0.25) is 4.68 Å². The predicted molar refractivity (Wildman–Crippen MR) is 73.3 cm³/mol. The van der Waals surface area contributed by atoms with Crippen molar-refractivity contribution in [1.82, 2.24) is 23.4 Å². The number of nitrogens with two attached hydrogens (primary N) is 1. The summed E-state index contributed by atoms with van der Waals surface area (Å²) in [6.07, 6.45) is 3.36. The summed E-state index contributed by atoms with van der Waals surface area (Å²) >= 11 is 1.14. The molecule has 2 rings (SSSR count). The van der Waals surface area contributed by atoms with Crippen LogP contribution in [0.5, 0.6) is 5.75 Å². The van der Waals surface area contributed by atoms with Gasteiger partial charge in [-0.1, -0.05) is 0 Å². The first-order valence-electron chi connectivity index (χ1n) is 5.91. The van der Waals surface area contributed by atoms with Gasteiger partial charge in [0, 0.05) is 6.54 Å². The average Bonchev–Trinajstić information content (AvgIpc) is 3.04. The van der Waals surface area contributed by atoms with Crippen LogP contribution in [0.3, 0.4) is 0 Å². The highest BCUT2D eigenvalue weighted by atomic mass is 32.1. The molecule has 2 N–H and O–H groups in total. The van der Waals surface area contributed by atoms with E-state index in [1.54, 1.807) is 19.5 Å². The zero-order valence-electron chi connectivity index (χ0n) is 11.3. The van der Waals surface area contributed by atoms with Crippen LogP contribution in [0.15, 0.2) is 12.4 Å². The summed E-state index contributed by atoms with van der Waals surface area (Å²) in [4.78, 5) is 2.09. The lowest BCUT2D eigenvalue weighted by Crippen LogP contribution is -2.23. The van der Waals surface area contributed by atoms with Crippen molar-refractivity contribution in [1.29, 1.82) is 0 Å². The first-order chi connectivity index (χ1) is 9.13. The van der Waals surface area contributed by atoms with Gasteiger partial charge in [0.25, 0.3) is 0 Å². The summed E-state index contributed by atoms with van der Waals surface area (Å²) in [6, 6.07) is -0.377. The van der Waals surface area contributed by atoms with Gasteiger partial charge in [0.1, 0.15) is 5.69 Å². The summed E-state index contributed by atoms with van der Waals surface area (Å²) in [5, 5.41) is 4.33. The molecule has 104 valence electrons. The van der Waals surface area contributed by atoms with Crippen molar-refractivity contribution in [3.63, 3.8) is 0 Å². The highest BCUT2D eigenvalue weighted by Gasteiger charge is 2.22. The Morgan fingerprint density at radius 1 is 1.47 bits per heavy atom. The summed E-state index contributed by atoms with van der Waals surface area (Å²) in [5.41, 5.74) is 7.80. The monoisotopic (exact) mass is 282 g/mol. The predicted octanol–water partition coefficient (Wildman–Crippen LogP) is 0.353. The third-order valence-corrected chi connectivity index (χ3v) is 3.31. The number of rotatable bonds is 6. The zero-order valence-corrected chi connectivity index (χ0v) is 12.1. The fourth-order valence-corrected chi connectivity index (χ4v) is 2.23. The number of hydrogen-bond acceptors (Lipinski definition) is 7. The molecule has 2 aromatic heterocycles. The van der Waals surface area contributed by atoms with E-state index >= 15 is 0 Å². The van der Waals surface area contributed by atoms with Crippen molar-refractivity contribution in [3.05, 3.63) is 23.8 Å². The van der Waals surface area contributed by atoms with Gasteiger partial charge in [-0.25, -0.2) is 0 Å². The molecular formula is C11H18N6OS. The van der Waals surface area contributed by atoms with Crippen LogP contribution in [0.25, 0.3) is 0 Å². The van der Waals surface area contributed by atoms with Crippen molar-refractivity contribution in [3.8, 4) is 5.75 Å². The van der Waals surface area contributed by atoms with Gasteiger partial charge in [-0.2, -0.15) is 13.8 Å². The van der Waals surface area contributed by atoms with E-state index in [1.807, 2.05) is 18.8 Å². The van der Waals surface area contributed by atoms with Crippen LogP contribution in [-0.2, 0) is 6.54 Å². The molecule has 0 fully saturated rings. The number of likely N-dealkylation sites (N-methyl/N-ethyl adjacent to an activating group) is 1. The Hall–Kier alpha value is -1.51. The molecule has 8 heteroatoms. The maximum atomic E-state index is 6.24. The second kappa shape index (κ2) is 6.09. The van der Waals surface area contributed by atoms with Crippen molar-refractivity contribution < 1.29 is 4.74 Å². The Labute approximate surface area is 116 Å². The molecule has 0 bridgehead atoms. The zero-order chi connectivity index (χ0) is 13.8. The molecule has 0 spiro atoms. The van der Waals surface area contributed by atoms with E-state index in [4.69, 9.17) is 10.5 Å². The molecule has 7 nitrogen and oxygen atoms in total. The van der Waals surface area contributed by atoms with Gasteiger partial charge in [-0.15, -0.1) is 0 Å². The number of methoxy groups -OCH3 is 1. The fourth-order valence-electron chi connectivity index (χ4n) is 1.77. The van der Waals surface area contributed by atoms with Crippen LogP contribution in [0.1, 0.15) is 17.4 Å². The average molecular weight is 282 g/mol. The quantitative estimate of drug-likeness (QED) is 0.823. The highest BCUT2D eigenvalue weighted by molar-refractivity contribution is 6.99. The molecule has 1 atom stereocenters. The van der Waals surface area contributed by atoms with Gasteiger partial charge in [0.2, 0.25) is 0 Å². The van der Waals surface area contributed by atoms with Gasteiger partial charge >= 0.3 is 0 Å². The minimum atomic E-state index is -0.377. The topological polar surface area (TPSA) is 82.1 Å².